The summed E-state index contributed by atoms with van der Waals surface area (Å²) in [5.74, 6) is 5.33. The Hall–Kier alpha value is -0.150. The number of aryl methyl sites for hydroxylation is 1. The Morgan fingerprint density at radius 3 is 2.31 bits per heavy atom. The Labute approximate surface area is 168 Å². The summed E-state index contributed by atoms with van der Waals surface area (Å²) >= 11 is 4.11. The molecule has 26 heavy (non-hydrogen) atoms. The molecule has 0 bridgehead atoms. The lowest BCUT2D eigenvalue weighted by atomic mass is 9.75. The molecule has 1 aromatic rings. The van der Waals surface area contributed by atoms with E-state index < -0.39 is 0 Å². The Morgan fingerprint density at radius 1 is 0.962 bits per heavy atom. The standard InChI is InChI=1S/C23H35FS2/c1-3-5-6-7-17-8-10-19(11-9-17)21-15-25-23(26-16-21)20-13-12-18(4-2)22(24)14-20/h12-14,17,19,21,23H,3-11,15-16H2,1-2H3/t17-,19-,21?,23?. The normalized spacial score (nSPS) is 29.7. The second-order valence-corrected chi connectivity index (χ2v) is 10.8. The van der Waals surface area contributed by atoms with Crippen LogP contribution in [0.4, 0.5) is 4.39 Å². The predicted molar refractivity (Wildman–Crippen MR) is 117 cm³/mol. The monoisotopic (exact) mass is 394 g/mol. The van der Waals surface area contributed by atoms with Crippen molar-refractivity contribution in [2.24, 2.45) is 17.8 Å². The van der Waals surface area contributed by atoms with Crippen LogP contribution in [0.2, 0.25) is 0 Å². The SMILES string of the molecule is CCCCC[C@H]1CC[C@H](C2CSC(c3ccc(CC)c(F)c3)SC2)CC1. The second-order valence-electron chi connectivity index (χ2n) is 8.24. The van der Waals surface area contributed by atoms with E-state index in [1.807, 2.05) is 13.0 Å². The fourth-order valence-electron chi connectivity index (χ4n) is 4.61. The van der Waals surface area contributed by atoms with Gasteiger partial charge in [0.1, 0.15) is 5.82 Å². The number of rotatable bonds is 7. The maximum Gasteiger partial charge on any atom is 0.126 e. The van der Waals surface area contributed by atoms with Gasteiger partial charge in [-0.1, -0.05) is 64.5 Å². The van der Waals surface area contributed by atoms with E-state index in [4.69, 9.17) is 0 Å². The molecule has 0 N–H and O–H groups in total. The van der Waals surface area contributed by atoms with Gasteiger partial charge in [-0.3, -0.25) is 0 Å². The molecule has 0 amide bonds. The van der Waals surface area contributed by atoms with Crippen LogP contribution in [0.15, 0.2) is 18.2 Å². The van der Waals surface area contributed by atoms with E-state index in [2.05, 4.69) is 36.5 Å². The molecule has 2 aliphatic rings. The quantitative estimate of drug-likeness (QED) is 0.431. The molecule has 0 atom stereocenters. The van der Waals surface area contributed by atoms with Crippen LogP contribution >= 0.6 is 23.5 Å². The van der Waals surface area contributed by atoms with Gasteiger partial charge in [-0.2, -0.15) is 0 Å². The van der Waals surface area contributed by atoms with Crippen molar-refractivity contribution in [2.45, 2.75) is 76.2 Å². The molecule has 1 aliphatic carbocycles. The minimum absolute atomic E-state index is 0.0188. The van der Waals surface area contributed by atoms with Crippen molar-refractivity contribution >= 4 is 23.5 Å². The van der Waals surface area contributed by atoms with E-state index in [0.717, 1.165) is 29.7 Å². The topological polar surface area (TPSA) is 0 Å². The molecule has 1 aliphatic heterocycles. The molecule has 0 aromatic heterocycles. The van der Waals surface area contributed by atoms with Crippen molar-refractivity contribution < 1.29 is 4.39 Å². The van der Waals surface area contributed by atoms with Crippen molar-refractivity contribution in [3.63, 3.8) is 0 Å². The highest BCUT2D eigenvalue weighted by atomic mass is 32.2. The lowest BCUT2D eigenvalue weighted by molar-refractivity contribution is 0.218. The van der Waals surface area contributed by atoms with Gasteiger partial charge < -0.3 is 0 Å². The van der Waals surface area contributed by atoms with Crippen LogP contribution in [0.5, 0.6) is 0 Å². The third-order valence-electron chi connectivity index (χ3n) is 6.43. The Balaban J connectivity index is 1.43. The molecule has 2 fully saturated rings. The zero-order valence-corrected chi connectivity index (χ0v) is 18.1. The Kier molecular flexibility index (Phi) is 8.24. The van der Waals surface area contributed by atoms with Gasteiger partial charge in [0.25, 0.3) is 0 Å². The minimum atomic E-state index is -0.0188. The largest absolute Gasteiger partial charge is 0.207 e. The highest BCUT2D eigenvalue weighted by molar-refractivity contribution is 8.16. The lowest BCUT2D eigenvalue weighted by Crippen LogP contribution is -2.27. The molecule has 1 saturated heterocycles. The second kappa shape index (κ2) is 10.4. The van der Waals surface area contributed by atoms with Crippen molar-refractivity contribution in [3.8, 4) is 0 Å². The maximum absolute atomic E-state index is 14.1. The number of halogens is 1. The first-order chi connectivity index (χ1) is 12.7. The van der Waals surface area contributed by atoms with Crippen LogP contribution in [0, 0.1) is 23.6 Å². The predicted octanol–water partition coefficient (Wildman–Crippen LogP) is 7.87. The summed E-state index contributed by atoms with van der Waals surface area (Å²) in [6.45, 7) is 4.32. The van der Waals surface area contributed by atoms with Crippen LogP contribution in [-0.4, -0.2) is 11.5 Å². The fourth-order valence-corrected chi connectivity index (χ4v) is 7.92. The Bertz CT molecular complexity index is 543. The molecule has 0 radical (unpaired) electrons. The van der Waals surface area contributed by atoms with Crippen LogP contribution < -0.4 is 0 Å². The number of unbranched alkanes of at least 4 members (excludes halogenated alkanes) is 2. The average Bonchev–Trinajstić information content (AvgIpc) is 2.69. The van der Waals surface area contributed by atoms with E-state index in [0.29, 0.717) is 4.58 Å². The zero-order valence-electron chi connectivity index (χ0n) is 16.5. The first-order valence-corrected chi connectivity index (χ1v) is 12.8. The third-order valence-corrected chi connectivity index (χ3v) is 9.64. The third kappa shape index (κ3) is 5.44. The highest BCUT2D eigenvalue weighted by Crippen LogP contribution is 2.49. The van der Waals surface area contributed by atoms with E-state index in [1.165, 1.54) is 68.4 Å². The van der Waals surface area contributed by atoms with E-state index in [9.17, 15) is 4.39 Å². The molecule has 0 spiro atoms. The van der Waals surface area contributed by atoms with Gasteiger partial charge in [0.05, 0.1) is 4.58 Å². The van der Waals surface area contributed by atoms with Gasteiger partial charge in [-0.05, 0) is 65.7 Å². The number of hydrogen-bond acceptors (Lipinski definition) is 2. The summed E-state index contributed by atoms with van der Waals surface area (Å²) in [4.78, 5) is 0. The van der Waals surface area contributed by atoms with Crippen molar-refractivity contribution in [2.75, 3.05) is 11.5 Å². The summed E-state index contributed by atoms with van der Waals surface area (Å²) in [5.41, 5.74) is 2.01. The summed E-state index contributed by atoms with van der Waals surface area (Å²) in [5, 5.41) is 0. The zero-order chi connectivity index (χ0) is 18.4. The molecule has 0 unspecified atom stereocenters. The van der Waals surface area contributed by atoms with Gasteiger partial charge in [0.15, 0.2) is 0 Å². The van der Waals surface area contributed by atoms with Gasteiger partial charge in [-0.15, -0.1) is 23.5 Å². The number of benzene rings is 1. The minimum Gasteiger partial charge on any atom is -0.207 e. The first kappa shape index (κ1) is 20.6. The molecule has 1 aromatic carbocycles. The van der Waals surface area contributed by atoms with E-state index >= 15 is 0 Å². The summed E-state index contributed by atoms with van der Waals surface area (Å²) < 4.78 is 14.5. The molecule has 1 saturated carbocycles. The maximum atomic E-state index is 14.1. The van der Waals surface area contributed by atoms with Crippen molar-refractivity contribution in [1.29, 1.82) is 0 Å². The van der Waals surface area contributed by atoms with Crippen LogP contribution in [-0.2, 0) is 6.42 Å². The van der Waals surface area contributed by atoms with Crippen LogP contribution in [0.1, 0.15) is 80.9 Å². The first-order valence-electron chi connectivity index (χ1n) is 10.7. The van der Waals surface area contributed by atoms with Gasteiger partial charge in [-0.25, -0.2) is 4.39 Å². The summed E-state index contributed by atoms with van der Waals surface area (Å²) in [6, 6.07) is 5.91. The van der Waals surface area contributed by atoms with Gasteiger partial charge in [0, 0.05) is 0 Å². The molecule has 3 heteroatoms. The van der Waals surface area contributed by atoms with E-state index in [1.54, 1.807) is 6.07 Å². The molecular weight excluding hydrogens is 359 g/mol. The van der Waals surface area contributed by atoms with Gasteiger partial charge >= 0.3 is 0 Å². The fraction of sp³-hybridized carbons (Fsp3) is 0.739. The molecule has 1 heterocycles. The summed E-state index contributed by atoms with van der Waals surface area (Å²) in [6.07, 6.45) is 12.3. The highest BCUT2D eigenvalue weighted by Gasteiger charge is 2.32. The average molecular weight is 395 g/mol. The summed E-state index contributed by atoms with van der Waals surface area (Å²) in [7, 11) is 0. The Morgan fingerprint density at radius 2 is 1.69 bits per heavy atom. The van der Waals surface area contributed by atoms with Crippen LogP contribution in [0.3, 0.4) is 0 Å². The molecular formula is C23H35FS2. The van der Waals surface area contributed by atoms with Crippen molar-refractivity contribution in [1.82, 2.24) is 0 Å². The molecule has 146 valence electrons. The van der Waals surface area contributed by atoms with Crippen LogP contribution in [0.25, 0.3) is 0 Å². The molecule has 3 rings (SSSR count). The lowest BCUT2D eigenvalue weighted by Gasteiger charge is -2.37. The van der Waals surface area contributed by atoms with E-state index in [-0.39, 0.29) is 5.82 Å². The molecule has 0 nitrogen and oxygen atoms in total. The van der Waals surface area contributed by atoms with Gasteiger partial charge in [0.2, 0.25) is 0 Å². The van der Waals surface area contributed by atoms with Crippen molar-refractivity contribution in [3.05, 3.63) is 35.1 Å². The number of hydrogen-bond donors (Lipinski definition) is 0. The number of thioether (sulfide) groups is 2. The smallest absolute Gasteiger partial charge is 0.126 e.